The van der Waals surface area contributed by atoms with Crippen LogP contribution >= 0.6 is 0 Å². The van der Waals surface area contributed by atoms with Crippen LogP contribution in [0.3, 0.4) is 0 Å². The summed E-state index contributed by atoms with van der Waals surface area (Å²) in [5.74, 6) is -1.47. The zero-order chi connectivity index (χ0) is 29.6. The molecule has 0 radical (unpaired) electrons. The van der Waals surface area contributed by atoms with E-state index in [2.05, 4.69) is 0 Å². The summed E-state index contributed by atoms with van der Waals surface area (Å²) >= 11 is 0. The van der Waals surface area contributed by atoms with E-state index in [-0.39, 0.29) is 18.4 Å². The average Bonchev–Trinajstić information content (AvgIpc) is 3.44. The molecular formula is C34H29FN2O5. The van der Waals surface area contributed by atoms with Gasteiger partial charge in [0.15, 0.2) is 0 Å². The van der Waals surface area contributed by atoms with Gasteiger partial charge in [-0.2, -0.15) is 0 Å². The molecule has 4 aromatic rings. The molecule has 6 rings (SSSR count). The minimum absolute atomic E-state index is 0.250. The zero-order valence-electron chi connectivity index (χ0n) is 22.7. The maximum absolute atomic E-state index is 13.4. The third-order valence-electron chi connectivity index (χ3n) is 7.40. The third-order valence-corrected chi connectivity index (χ3v) is 7.40. The number of hydrogen-bond acceptors (Lipinski definition) is 5. The second kappa shape index (κ2) is 12.7. The molecule has 0 fully saturated rings. The first-order valence-electron chi connectivity index (χ1n) is 13.6. The van der Waals surface area contributed by atoms with Gasteiger partial charge in [-0.3, -0.25) is 29.0 Å². The number of alkyl halides is 1. The van der Waals surface area contributed by atoms with Crippen molar-refractivity contribution in [3.05, 3.63) is 143 Å². The van der Waals surface area contributed by atoms with Gasteiger partial charge in [-0.15, -0.1) is 0 Å². The molecule has 0 aliphatic carbocycles. The van der Waals surface area contributed by atoms with Crippen LogP contribution in [0, 0.1) is 0 Å². The number of hydrogen-bond donors (Lipinski definition) is 1. The predicted molar refractivity (Wildman–Crippen MR) is 155 cm³/mol. The topological polar surface area (TPSA) is 95.0 Å². The Balaban J connectivity index is 0.000000168. The summed E-state index contributed by atoms with van der Waals surface area (Å²) < 4.78 is 13.4. The van der Waals surface area contributed by atoms with Crippen LogP contribution in [-0.4, -0.2) is 63.9 Å². The molecule has 42 heavy (non-hydrogen) atoms. The van der Waals surface area contributed by atoms with Crippen molar-refractivity contribution in [3.8, 4) is 0 Å². The van der Waals surface area contributed by atoms with Crippen LogP contribution in [0.5, 0.6) is 0 Å². The molecule has 0 saturated heterocycles. The lowest BCUT2D eigenvalue weighted by atomic mass is 10.1. The molecule has 8 heteroatoms. The van der Waals surface area contributed by atoms with Gasteiger partial charge >= 0.3 is 0 Å². The summed E-state index contributed by atoms with van der Waals surface area (Å²) in [6.45, 7) is -0.999. The highest BCUT2D eigenvalue weighted by molar-refractivity contribution is 6.22. The van der Waals surface area contributed by atoms with Gasteiger partial charge in [-0.25, -0.2) is 4.39 Å². The number of halogens is 1. The van der Waals surface area contributed by atoms with E-state index in [1.54, 1.807) is 48.5 Å². The van der Waals surface area contributed by atoms with Crippen LogP contribution in [0.4, 0.5) is 4.39 Å². The molecule has 7 nitrogen and oxygen atoms in total. The Kier molecular flexibility index (Phi) is 8.64. The molecule has 0 saturated carbocycles. The Hall–Kier alpha value is -4.95. The number of fused-ring (bicyclic) bond motifs is 2. The fourth-order valence-electron chi connectivity index (χ4n) is 5.30. The second-order valence-corrected chi connectivity index (χ2v) is 10.1. The largest absolute Gasteiger partial charge is 0.394 e. The minimum Gasteiger partial charge on any atom is -0.394 e. The Bertz CT molecular complexity index is 1420. The normalized spacial score (nSPS) is 15.2. The third kappa shape index (κ3) is 5.62. The minimum atomic E-state index is -0.764. The first kappa shape index (κ1) is 28.6. The van der Waals surface area contributed by atoms with Crippen molar-refractivity contribution in [2.24, 2.45) is 0 Å². The quantitative estimate of drug-likeness (QED) is 0.312. The molecule has 0 aromatic heterocycles. The van der Waals surface area contributed by atoms with Gasteiger partial charge in [0, 0.05) is 0 Å². The Labute approximate surface area is 242 Å². The number of carbonyl (C=O) groups is 4. The van der Waals surface area contributed by atoms with E-state index in [9.17, 15) is 28.7 Å². The van der Waals surface area contributed by atoms with Crippen molar-refractivity contribution >= 4 is 23.6 Å². The lowest BCUT2D eigenvalue weighted by Gasteiger charge is -2.24. The number of aliphatic hydroxyl groups excluding tert-OH is 1. The highest BCUT2D eigenvalue weighted by Crippen LogP contribution is 2.27. The van der Waals surface area contributed by atoms with Gasteiger partial charge in [-0.1, -0.05) is 84.9 Å². The lowest BCUT2D eigenvalue weighted by Crippen LogP contribution is -2.43. The molecule has 0 spiro atoms. The van der Waals surface area contributed by atoms with Crippen LogP contribution in [0.2, 0.25) is 0 Å². The van der Waals surface area contributed by atoms with Crippen LogP contribution in [-0.2, 0) is 12.8 Å². The summed E-state index contributed by atoms with van der Waals surface area (Å²) in [4.78, 5) is 51.7. The van der Waals surface area contributed by atoms with Crippen molar-refractivity contribution in [1.82, 2.24) is 9.80 Å². The molecule has 1 N–H and O–H groups in total. The molecular weight excluding hydrogens is 535 g/mol. The van der Waals surface area contributed by atoms with Crippen molar-refractivity contribution in [2.45, 2.75) is 24.9 Å². The molecule has 4 amide bonds. The van der Waals surface area contributed by atoms with Crippen molar-refractivity contribution in [1.29, 1.82) is 0 Å². The fraction of sp³-hybridized carbons (Fsp3) is 0.176. The van der Waals surface area contributed by atoms with Gasteiger partial charge in [0.1, 0.15) is 6.67 Å². The van der Waals surface area contributed by atoms with Gasteiger partial charge in [0.25, 0.3) is 23.6 Å². The number of nitrogens with zero attached hydrogens (tertiary/aromatic N) is 2. The summed E-state index contributed by atoms with van der Waals surface area (Å²) in [6.07, 6.45) is 0.769. The number of imide groups is 2. The predicted octanol–water partition coefficient (Wildman–Crippen LogP) is 4.75. The number of carbonyl (C=O) groups excluding carboxylic acids is 4. The Morgan fingerprint density at radius 1 is 0.500 bits per heavy atom. The van der Waals surface area contributed by atoms with Crippen molar-refractivity contribution in [2.75, 3.05) is 13.3 Å². The van der Waals surface area contributed by atoms with E-state index in [1.807, 2.05) is 60.7 Å². The lowest BCUT2D eigenvalue weighted by molar-refractivity contribution is 0.0512. The summed E-state index contributed by atoms with van der Waals surface area (Å²) in [6, 6.07) is 30.9. The summed E-state index contributed by atoms with van der Waals surface area (Å²) in [5.41, 5.74) is 3.41. The SMILES string of the molecule is O=C1c2ccccc2C(=O)N1[C@@H](CF)Cc1ccccc1.O=C1c2ccccc2C(=O)N1[C@@H](CO)Cc1ccccc1. The number of rotatable bonds is 8. The van der Waals surface area contributed by atoms with Crippen molar-refractivity contribution < 1.29 is 28.7 Å². The number of aliphatic hydroxyl groups is 1. The zero-order valence-corrected chi connectivity index (χ0v) is 22.7. The van der Waals surface area contributed by atoms with E-state index >= 15 is 0 Å². The van der Waals surface area contributed by atoms with Gasteiger partial charge in [0.2, 0.25) is 0 Å². The van der Waals surface area contributed by atoms with Gasteiger partial charge < -0.3 is 5.11 Å². The van der Waals surface area contributed by atoms with E-state index in [0.29, 0.717) is 35.1 Å². The van der Waals surface area contributed by atoms with E-state index in [0.717, 1.165) is 16.0 Å². The molecule has 2 aliphatic rings. The molecule has 2 aliphatic heterocycles. The van der Waals surface area contributed by atoms with Gasteiger partial charge in [0.05, 0.1) is 40.9 Å². The summed E-state index contributed by atoms with van der Waals surface area (Å²) in [7, 11) is 0. The smallest absolute Gasteiger partial charge is 0.261 e. The van der Waals surface area contributed by atoms with Crippen LogP contribution < -0.4 is 0 Å². The molecule has 0 bridgehead atoms. The Morgan fingerprint density at radius 2 is 0.810 bits per heavy atom. The van der Waals surface area contributed by atoms with Gasteiger partial charge in [-0.05, 0) is 48.2 Å². The maximum Gasteiger partial charge on any atom is 0.261 e. The second-order valence-electron chi connectivity index (χ2n) is 10.1. The highest BCUT2D eigenvalue weighted by atomic mass is 19.1. The summed E-state index contributed by atoms with van der Waals surface area (Å²) in [5, 5.41) is 9.62. The van der Waals surface area contributed by atoms with E-state index in [4.69, 9.17) is 0 Å². The maximum atomic E-state index is 13.4. The first-order valence-corrected chi connectivity index (χ1v) is 13.6. The molecule has 0 unspecified atom stereocenters. The first-order chi connectivity index (χ1) is 20.4. The molecule has 4 aromatic carbocycles. The van der Waals surface area contributed by atoms with E-state index < -0.39 is 30.6 Å². The van der Waals surface area contributed by atoms with Crippen LogP contribution in [0.25, 0.3) is 0 Å². The fourth-order valence-corrected chi connectivity index (χ4v) is 5.30. The highest BCUT2D eigenvalue weighted by Gasteiger charge is 2.40. The number of benzene rings is 4. The Morgan fingerprint density at radius 3 is 1.14 bits per heavy atom. The standard InChI is InChI=1S/C17H14FNO2.C17H15NO3/c18-11-13(10-12-6-2-1-3-7-12)19-16(20)14-8-4-5-9-15(14)17(19)21;19-11-13(10-12-6-2-1-3-7-12)18-16(20)14-8-4-5-9-15(14)17(18)21/h1-9,13H,10-11H2;1-9,13,19H,10-11H2/t2*13-/m11/s1. The van der Waals surface area contributed by atoms with Crippen LogP contribution in [0.1, 0.15) is 52.6 Å². The molecule has 212 valence electrons. The molecule has 2 heterocycles. The van der Waals surface area contributed by atoms with Crippen molar-refractivity contribution in [3.63, 3.8) is 0 Å². The monoisotopic (exact) mass is 564 g/mol. The van der Waals surface area contributed by atoms with Crippen LogP contribution in [0.15, 0.2) is 109 Å². The van der Waals surface area contributed by atoms with E-state index in [1.165, 1.54) is 4.90 Å². The average molecular weight is 565 g/mol. The molecule has 2 atom stereocenters. The number of amides is 4.